The van der Waals surface area contributed by atoms with E-state index in [1.165, 1.54) is 30.4 Å². The summed E-state index contributed by atoms with van der Waals surface area (Å²) in [6, 6.07) is 13.5. The van der Waals surface area contributed by atoms with E-state index in [0.717, 1.165) is 53.2 Å². The fourth-order valence-corrected chi connectivity index (χ4v) is 4.11. The van der Waals surface area contributed by atoms with Crippen LogP contribution in [-0.2, 0) is 12.8 Å². The van der Waals surface area contributed by atoms with Gasteiger partial charge in [-0.15, -0.1) is 0 Å². The van der Waals surface area contributed by atoms with Gasteiger partial charge in [-0.2, -0.15) is 5.10 Å². The number of benzene rings is 2. The molecule has 2 aromatic carbocycles. The lowest BCUT2D eigenvalue weighted by molar-refractivity contribution is 0.438. The van der Waals surface area contributed by atoms with Gasteiger partial charge in [-0.05, 0) is 80.1 Å². The van der Waals surface area contributed by atoms with Crippen LogP contribution in [-0.4, -0.2) is 15.5 Å². The maximum Gasteiger partial charge on any atom is 0.0735 e. The first-order valence-electron chi connectivity index (χ1n) is 12.7. The largest absolute Gasteiger partial charge is 0.355 e. The molecule has 1 unspecified atom stereocenters. The molecule has 180 valence electrons. The molecule has 0 saturated heterocycles. The molecule has 0 aliphatic rings. The van der Waals surface area contributed by atoms with Gasteiger partial charge in [-0.3, -0.25) is 4.68 Å². The van der Waals surface area contributed by atoms with Crippen molar-refractivity contribution in [2.24, 2.45) is 4.99 Å². The lowest BCUT2D eigenvalue weighted by atomic mass is 10.1. The van der Waals surface area contributed by atoms with Crippen LogP contribution in [0.4, 0.5) is 17.1 Å². The van der Waals surface area contributed by atoms with E-state index < -0.39 is 0 Å². The SMILES string of the molecule is C=CC(=Nc1cc(Nc2cc(CC)cc(CC)c2)ccc1C)c1cnn(C(C)CCCCC)c1. The van der Waals surface area contributed by atoms with E-state index in [1.54, 1.807) is 0 Å². The Morgan fingerprint density at radius 2 is 1.79 bits per heavy atom. The van der Waals surface area contributed by atoms with Crippen molar-refractivity contribution in [1.29, 1.82) is 0 Å². The minimum absolute atomic E-state index is 0.382. The normalized spacial score (nSPS) is 12.6. The van der Waals surface area contributed by atoms with Gasteiger partial charge in [0.15, 0.2) is 0 Å². The standard InChI is InChI=1S/C30H40N4/c1-7-11-12-13-23(6)34-21-26(20-31-34)29(10-4)33-30-19-27(15-14-22(30)5)32-28-17-24(8-2)16-25(9-3)18-28/h10,14-21,23,32H,4,7-9,11-13H2,1-3,5-6H3. The molecule has 3 rings (SSSR count). The Balaban J connectivity index is 1.83. The number of nitrogens with one attached hydrogen (secondary N) is 1. The van der Waals surface area contributed by atoms with Crippen molar-refractivity contribution in [2.45, 2.75) is 79.2 Å². The summed E-state index contributed by atoms with van der Waals surface area (Å²) in [5.41, 5.74) is 8.75. The van der Waals surface area contributed by atoms with Gasteiger partial charge in [0.25, 0.3) is 0 Å². The molecule has 1 aromatic heterocycles. The number of unbranched alkanes of at least 4 members (excludes halogenated alkanes) is 2. The summed E-state index contributed by atoms with van der Waals surface area (Å²) in [5, 5.41) is 8.19. The zero-order chi connectivity index (χ0) is 24.5. The molecular weight excluding hydrogens is 416 g/mol. The Bertz CT molecular complexity index is 1100. The first kappa shape index (κ1) is 25.5. The molecule has 34 heavy (non-hydrogen) atoms. The van der Waals surface area contributed by atoms with E-state index >= 15 is 0 Å². The third-order valence-electron chi connectivity index (χ3n) is 6.38. The highest BCUT2D eigenvalue weighted by atomic mass is 15.3. The molecule has 4 nitrogen and oxygen atoms in total. The second-order valence-corrected chi connectivity index (χ2v) is 9.13. The van der Waals surface area contributed by atoms with Crippen molar-refractivity contribution in [2.75, 3.05) is 5.32 Å². The van der Waals surface area contributed by atoms with Crippen molar-refractivity contribution in [3.8, 4) is 0 Å². The molecule has 0 aliphatic heterocycles. The molecule has 0 saturated carbocycles. The maximum absolute atomic E-state index is 4.97. The van der Waals surface area contributed by atoms with Crippen LogP contribution < -0.4 is 5.32 Å². The van der Waals surface area contributed by atoms with E-state index in [0.29, 0.717) is 6.04 Å². The first-order chi connectivity index (χ1) is 16.5. The smallest absolute Gasteiger partial charge is 0.0735 e. The maximum atomic E-state index is 4.97. The molecule has 0 spiro atoms. The van der Waals surface area contributed by atoms with Crippen molar-refractivity contribution in [3.05, 3.63) is 83.7 Å². The van der Waals surface area contributed by atoms with Gasteiger partial charge < -0.3 is 5.32 Å². The molecule has 4 heteroatoms. The highest BCUT2D eigenvalue weighted by Crippen LogP contribution is 2.28. The van der Waals surface area contributed by atoms with Gasteiger partial charge in [0.1, 0.15) is 0 Å². The summed E-state index contributed by atoms with van der Waals surface area (Å²) in [4.78, 5) is 4.97. The summed E-state index contributed by atoms with van der Waals surface area (Å²) in [5.74, 6) is 0. The van der Waals surface area contributed by atoms with Crippen molar-refractivity contribution >= 4 is 22.8 Å². The van der Waals surface area contributed by atoms with Crippen LogP contribution in [0.2, 0.25) is 0 Å². The second-order valence-electron chi connectivity index (χ2n) is 9.13. The number of anilines is 2. The molecular formula is C30H40N4. The number of hydrogen-bond acceptors (Lipinski definition) is 3. The van der Waals surface area contributed by atoms with Crippen LogP contribution >= 0.6 is 0 Å². The van der Waals surface area contributed by atoms with Gasteiger partial charge in [0.05, 0.1) is 17.6 Å². The number of aromatic nitrogens is 2. The quantitative estimate of drug-likeness (QED) is 0.219. The van der Waals surface area contributed by atoms with Gasteiger partial charge >= 0.3 is 0 Å². The van der Waals surface area contributed by atoms with Gasteiger partial charge in [-0.1, -0.05) is 58.7 Å². The Morgan fingerprint density at radius 1 is 1.06 bits per heavy atom. The Hall–Kier alpha value is -3.14. The number of aryl methyl sites for hydroxylation is 3. The zero-order valence-corrected chi connectivity index (χ0v) is 21.6. The van der Waals surface area contributed by atoms with Crippen molar-refractivity contribution in [1.82, 2.24) is 9.78 Å². The van der Waals surface area contributed by atoms with E-state index in [-0.39, 0.29) is 0 Å². The molecule has 0 radical (unpaired) electrons. The molecule has 3 aromatic rings. The summed E-state index contributed by atoms with van der Waals surface area (Å²) in [6.45, 7) is 15.0. The molecule has 0 bridgehead atoms. The summed E-state index contributed by atoms with van der Waals surface area (Å²) < 4.78 is 2.06. The van der Waals surface area contributed by atoms with Crippen LogP contribution in [0.15, 0.2) is 66.4 Å². The third kappa shape index (κ3) is 6.69. The molecule has 1 heterocycles. The average molecular weight is 457 g/mol. The lowest BCUT2D eigenvalue weighted by Gasteiger charge is -2.12. The molecule has 1 atom stereocenters. The van der Waals surface area contributed by atoms with E-state index in [9.17, 15) is 0 Å². The molecule has 0 amide bonds. The highest BCUT2D eigenvalue weighted by molar-refractivity contribution is 6.09. The van der Waals surface area contributed by atoms with Crippen LogP contribution in [0, 0.1) is 6.92 Å². The van der Waals surface area contributed by atoms with Gasteiger partial charge in [-0.25, -0.2) is 4.99 Å². The second kappa shape index (κ2) is 12.4. The predicted octanol–water partition coefficient (Wildman–Crippen LogP) is 8.51. The number of allylic oxidation sites excluding steroid dienone is 1. The minimum Gasteiger partial charge on any atom is -0.355 e. The first-order valence-corrected chi connectivity index (χ1v) is 12.7. The van der Waals surface area contributed by atoms with Crippen LogP contribution in [0.1, 0.15) is 81.7 Å². The lowest BCUT2D eigenvalue weighted by Crippen LogP contribution is -2.05. The van der Waals surface area contributed by atoms with E-state index in [1.807, 2.05) is 12.3 Å². The number of rotatable bonds is 12. The van der Waals surface area contributed by atoms with Crippen molar-refractivity contribution < 1.29 is 0 Å². The number of nitrogens with zero attached hydrogens (tertiary/aromatic N) is 3. The fourth-order valence-electron chi connectivity index (χ4n) is 4.11. The number of aliphatic imine (C=N–C) groups is 1. The molecule has 0 fully saturated rings. The fraction of sp³-hybridized carbons (Fsp3) is 0.400. The third-order valence-corrected chi connectivity index (χ3v) is 6.38. The average Bonchev–Trinajstić information content (AvgIpc) is 3.34. The van der Waals surface area contributed by atoms with E-state index in [4.69, 9.17) is 4.99 Å². The van der Waals surface area contributed by atoms with Gasteiger partial charge in [0, 0.05) is 29.2 Å². The summed E-state index contributed by atoms with van der Waals surface area (Å²) >= 11 is 0. The van der Waals surface area contributed by atoms with E-state index in [2.05, 4.69) is 98.9 Å². The van der Waals surface area contributed by atoms with Crippen LogP contribution in [0.5, 0.6) is 0 Å². The Kier molecular flexibility index (Phi) is 9.26. The van der Waals surface area contributed by atoms with Crippen LogP contribution in [0.25, 0.3) is 0 Å². The summed E-state index contributed by atoms with van der Waals surface area (Å²) in [6.07, 6.45) is 12.7. The topological polar surface area (TPSA) is 42.2 Å². The predicted molar refractivity (Wildman–Crippen MR) is 147 cm³/mol. The Morgan fingerprint density at radius 3 is 2.44 bits per heavy atom. The van der Waals surface area contributed by atoms with Crippen LogP contribution in [0.3, 0.4) is 0 Å². The monoisotopic (exact) mass is 456 g/mol. The number of hydrogen-bond donors (Lipinski definition) is 1. The molecule has 1 N–H and O–H groups in total. The minimum atomic E-state index is 0.382. The van der Waals surface area contributed by atoms with Gasteiger partial charge in [0.2, 0.25) is 0 Å². The summed E-state index contributed by atoms with van der Waals surface area (Å²) in [7, 11) is 0. The Labute approximate surface area is 205 Å². The zero-order valence-electron chi connectivity index (χ0n) is 21.6. The van der Waals surface area contributed by atoms with Crippen molar-refractivity contribution in [3.63, 3.8) is 0 Å². The highest BCUT2D eigenvalue weighted by Gasteiger charge is 2.10. The molecule has 0 aliphatic carbocycles.